The van der Waals surface area contributed by atoms with Crippen LogP contribution in [0, 0.1) is 11.7 Å². The summed E-state index contributed by atoms with van der Waals surface area (Å²) >= 11 is 0. The summed E-state index contributed by atoms with van der Waals surface area (Å²) in [5.41, 5.74) is 6.81. The van der Waals surface area contributed by atoms with Crippen LogP contribution in [0.5, 0.6) is 0 Å². The SMILES string of the molecule is CCCCCC(CN)Cc1cccc(F)c1. The maximum Gasteiger partial charge on any atom is 0.123 e. The number of nitrogens with two attached hydrogens (primary N) is 1. The Morgan fingerprint density at radius 2 is 2.12 bits per heavy atom. The monoisotopic (exact) mass is 223 g/mol. The van der Waals surface area contributed by atoms with Gasteiger partial charge in [0.15, 0.2) is 0 Å². The average molecular weight is 223 g/mol. The highest BCUT2D eigenvalue weighted by molar-refractivity contribution is 5.16. The zero-order valence-corrected chi connectivity index (χ0v) is 10.1. The molecule has 0 amide bonds. The molecule has 0 aliphatic rings. The number of hydrogen-bond donors (Lipinski definition) is 1. The van der Waals surface area contributed by atoms with E-state index in [1.807, 2.05) is 6.07 Å². The molecule has 2 N–H and O–H groups in total. The van der Waals surface area contributed by atoms with Crippen LogP contribution in [0.25, 0.3) is 0 Å². The number of hydrogen-bond acceptors (Lipinski definition) is 1. The van der Waals surface area contributed by atoms with Crippen molar-refractivity contribution in [1.29, 1.82) is 0 Å². The molecule has 16 heavy (non-hydrogen) atoms. The van der Waals surface area contributed by atoms with Crippen LogP contribution >= 0.6 is 0 Å². The van der Waals surface area contributed by atoms with Crippen LogP contribution in [0.3, 0.4) is 0 Å². The van der Waals surface area contributed by atoms with Gasteiger partial charge in [-0.25, -0.2) is 4.39 Å². The minimum absolute atomic E-state index is 0.151. The van der Waals surface area contributed by atoms with Gasteiger partial charge in [0.2, 0.25) is 0 Å². The molecule has 1 unspecified atom stereocenters. The molecule has 0 saturated heterocycles. The fourth-order valence-corrected chi connectivity index (χ4v) is 1.98. The second kappa shape index (κ2) is 7.39. The molecule has 1 aromatic carbocycles. The summed E-state index contributed by atoms with van der Waals surface area (Å²) in [6.07, 6.45) is 5.78. The largest absolute Gasteiger partial charge is 0.330 e. The zero-order chi connectivity index (χ0) is 11.8. The first kappa shape index (κ1) is 13.2. The molecule has 2 heteroatoms. The lowest BCUT2D eigenvalue weighted by molar-refractivity contribution is 0.463. The predicted octanol–water partition coefficient (Wildman–Crippen LogP) is 3.52. The zero-order valence-electron chi connectivity index (χ0n) is 10.1. The van der Waals surface area contributed by atoms with E-state index in [1.165, 1.54) is 25.3 Å². The Labute approximate surface area is 97.9 Å². The molecule has 0 saturated carbocycles. The lowest BCUT2D eigenvalue weighted by atomic mass is 9.94. The van der Waals surface area contributed by atoms with Crippen LogP contribution in [0.2, 0.25) is 0 Å². The van der Waals surface area contributed by atoms with Crippen molar-refractivity contribution in [2.75, 3.05) is 6.54 Å². The van der Waals surface area contributed by atoms with E-state index in [2.05, 4.69) is 6.92 Å². The smallest absolute Gasteiger partial charge is 0.123 e. The van der Waals surface area contributed by atoms with Gasteiger partial charge in [0, 0.05) is 0 Å². The Bertz CT molecular complexity index is 299. The molecule has 1 rings (SSSR count). The third kappa shape index (κ3) is 4.75. The molecule has 0 aliphatic heterocycles. The summed E-state index contributed by atoms with van der Waals surface area (Å²) in [6.45, 7) is 2.89. The van der Waals surface area contributed by atoms with Crippen LogP contribution in [-0.2, 0) is 6.42 Å². The number of benzene rings is 1. The summed E-state index contributed by atoms with van der Waals surface area (Å²) in [5, 5.41) is 0. The molecule has 0 radical (unpaired) electrons. The third-order valence-corrected chi connectivity index (χ3v) is 2.96. The summed E-state index contributed by atoms with van der Waals surface area (Å²) in [6, 6.07) is 6.84. The Morgan fingerprint density at radius 1 is 1.31 bits per heavy atom. The average Bonchev–Trinajstić information content (AvgIpc) is 2.28. The second-order valence-electron chi connectivity index (χ2n) is 4.43. The topological polar surface area (TPSA) is 26.0 Å². The van der Waals surface area contributed by atoms with Crippen LogP contribution in [-0.4, -0.2) is 6.54 Å². The molecule has 90 valence electrons. The van der Waals surface area contributed by atoms with Gasteiger partial charge in [-0.3, -0.25) is 0 Å². The van der Waals surface area contributed by atoms with Crippen LogP contribution < -0.4 is 5.73 Å². The Balaban J connectivity index is 2.43. The van der Waals surface area contributed by atoms with Gasteiger partial charge in [-0.1, -0.05) is 38.3 Å². The lowest BCUT2D eigenvalue weighted by Gasteiger charge is -2.14. The molecule has 0 spiro atoms. The standard InChI is InChI=1S/C14H22FN/c1-2-3-4-6-13(11-16)9-12-7-5-8-14(15)10-12/h5,7-8,10,13H,2-4,6,9,11,16H2,1H3. The van der Waals surface area contributed by atoms with Crippen LogP contribution in [0.15, 0.2) is 24.3 Å². The highest BCUT2D eigenvalue weighted by Crippen LogP contribution is 2.15. The van der Waals surface area contributed by atoms with E-state index in [1.54, 1.807) is 12.1 Å². The lowest BCUT2D eigenvalue weighted by Crippen LogP contribution is -2.17. The quantitative estimate of drug-likeness (QED) is 0.703. The molecule has 1 nitrogen and oxygen atoms in total. The van der Waals surface area contributed by atoms with E-state index in [4.69, 9.17) is 5.73 Å². The third-order valence-electron chi connectivity index (χ3n) is 2.96. The van der Waals surface area contributed by atoms with E-state index in [0.29, 0.717) is 12.5 Å². The Morgan fingerprint density at radius 3 is 2.75 bits per heavy atom. The van der Waals surface area contributed by atoms with Crippen LogP contribution in [0.1, 0.15) is 38.2 Å². The molecular formula is C14H22FN. The minimum atomic E-state index is -0.151. The van der Waals surface area contributed by atoms with Gasteiger partial charge in [0.1, 0.15) is 5.82 Å². The Hall–Kier alpha value is -0.890. The Kier molecular flexibility index (Phi) is 6.09. The van der Waals surface area contributed by atoms with Crippen molar-refractivity contribution in [2.24, 2.45) is 11.7 Å². The molecule has 0 aromatic heterocycles. The van der Waals surface area contributed by atoms with Gasteiger partial charge in [0.25, 0.3) is 0 Å². The van der Waals surface area contributed by atoms with Crippen molar-refractivity contribution in [3.05, 3.63) is 35.6 Å². The van der Waals surface area contributed by atoms with Gasteiger partial charge in [-0.2, -0.15) is 0 Å². The maximum atomic E-state index is 13.0. The number of unbranched alkanes of at least 4 members (excludes halogenated alkanes) is 2. The van der Waals surface area contributed by atoms with E-state index < -0.39 is 0 Å². The highest BCUT2D eigenvalue weighted by Gasteiger charge is 2.07. The van der Waals surface area contributed by atoms with Gasteiger partial charge in [0.05, 0.1) is 0 Å². The fraction of sp³-hybridized carbons (Fsp3) is 0.571. The van der Waals surface area contributed by atoms with Gasteiger partial charge >= 0.3 is 0 Å². The van der Waals surface area contributed by atoms with Crippen molar-refractivity contribution in [3.8, 4) is 0 Å². The van der Waals surface area contributed by atoms with Crippen molar-refractivity contribution in [3.63, 3.8) is 0 Å². The molecule has 0 bridgehead atoms. The van der Waals surface area contributed by atoms with Crippen LogP contribution in [0.4, 0.5) is 4.39 Å². The van der Waals surface area contributed by atoms with E-state index in [-0.39, 0.29) is 5.82 Å². The van der Waals surface area contributed by atoms with Crippen molar-refractivity contribution in [1.82, 2.24) is 0 Å². The molecule has 1 aromatic rings. The summed E-state index contributed by atoms with van der Waals surface area (Å²) in [4.78, 5) is 0. The fourth-order valence-electron chi connectivity index (χ4n) is 1.98. The summed E-state index contributed by atoms with van der Waals surface area (Å²) in [7, 11) is 0. The summed E-state index contributed by atoms with van der Waals surface area (Å²) < 4.78 is 13.0. The number of rotatable bonds is 7. The number of halogens is 1. The molecular weight excluding hydrogens is 201 g/mol. The second-order valence-corrected chi connectivity index (χ2v) is 4.43. The van der Waals surface area contributed by atoms with E-state index >= 15 is 0 Å². The first-order valence-electron chi connectivity index (χ1n) is 6.20. The van der Waals surface area contributed by atoms with Gasteiger partial charge in [-0.15, -0.1) is 0 Å². The van der Waals surface area contributed by atoms with Crippen molar-refractivity contribution < 1.29 is 4.39 Å². The first-order chi connectivity index (χ1) is 7.76. The maximum absolute atomic E-state index is 13.0. The van der Waals surface area contributed by atoms with E-state index in [9.17, 15) is 4.39 Å². The molecule has 0 fully saturated rings. The highest BCUT2D eigenvalue weighted by atomic mass is 19.1. The normalized spacial score (nSPS) is 12.7. The predicted molar refractivity (Wildman–Crippen MR) is 66.8 cm³/mol. The van der Waals surface area contributed by atoms with Crippen molar-refractivity contribution >= 4 is 0 Å². The molecule has 0 heterocycles. The van der Waals surface area contributed by atoms with Gasteiger partial charge in [-0.05, 0) is 43.0 Å². The van der Waals surface area contributed by atoms with E-state index in [0.717, 1.165) is 18.4 Å². The first-order valence-corrected chi connectivity index (χ1v) is 6.20. The van der Waals surface area contributed by atoms with Crippen molar-refractivity contribution in [2.45, 2.75) is 39.0 Å². The molecule has 0 aliphatic carbocycles. The minimum Gasteiger partial charge on any atom is -0.330 e. The summed E-state index contributed by atoms with van der Waals surface area (Å²) in [5.74, 6) is 0.343. The molecule has 1 atom stereocenters. The van der Waals surface area contributed by atoms with Gasteiger partial charge < -0.3 is 5.73 Å².